The van der Waals surface area contributed by atoms with Crippen molar-refractivity contribution in [2.75, 3.05) is 5.73 Å². The summed E-state index contributed by atoms with van der Waals surface area (Å²) >= 11 is 0. The topological polar surface area (TPSA) is 67.2 Å². The van der Waals surface area contributed by atoms with Crippen LogP contribution in [0.4, 0.5) is 14.7 Å². The van der Waals surface area contributed by atoms with Crippen LogP contribution in [0.15, 0.2) is 35.7 Å². The Morgan fingerprint density at radius 2 is 1.95 bits per heavy atom. The van der Waals surface area contributed by atoms with Gasteiger partial charge in [0.15, 0.2) is 17.0 Å². The first-order chi connectivity index (χ1) is 10.4. The number of nitrogen functional groups attached to an aromatic ring is 1. The predicted octanol–water partition coefficient (Wildman–Crippen LogP) is 1.01. The molecule has 0 aliphatic carbocycles. The van der Waals surface area contributed by atoms with Crippen LogP contribution in [0.1, 0.15) is 13.8 Å². The molecule has 22 heavy (non-hydrogen) atoms. The molecule has 1 aromatic carbocycles. The van der Waals surface area contributed by atoms with Crippen LogP contribution < -0.4 is 21.0 Å². The molecular weight excluding hydrogens is 288 g/mol. The zero-order valence-electron chi connectivity index (χ0n) is 12.1. The largest absolute Gasteiger partial charge is 0.368 e. The molecule has 3 rings (SSSR count). The molecule has 0 saturated carbocycles. The number of nitrogens with zero attached hydrogens (tertiary/aromatic N) is 4. The SMILES string of the molecule is C=C1N=c2c(F)cc(-c3nc(N)ncc3F)cc2=[N+]1C(C)C. The molecule has 2 aromatic rings. The van der Waals surface area contributed by atoms with E-state index in [9.17, 15) is 8.78 Å². The van der Waals surface area contributed by atoms with E-state index in [0.29, 0.717) is 11.2 Å². The number of rotatable bonds is 2. The summed E-state index contributed by atoms with van der Waals surface area (Å²) in [5.41, 5.74) is 5.72. The average Bonchev–Trinajstić information content (AvgIpc) is 2.78. The maximum atomic E-state index is 14.3. The van der Waals surface area contributed by atoms with Gasteiger partial charge in [-0.05, 0) is 37.6 Å². The Labute approximate surface area is 125 Å². The number of benzene rings is 1. The molecule has 1 aromatic heterocycles. The molecule has 0 amide bonds. The van der Waals surface area contributed by atoms with Crippen molar-refractivity contribution in [2.45, 2.75) is 19.9 Å². The number of aromatic nitrogens is 2. The van der Waals surface area contributed by atoms with E-state index in [1.165, 1.54) is 6.07 Å². The van der Waals surface area contributed by atoms with Crippen molar-refractivity contribution in [2.24, 2.45) is 4.99 Å². The Morgan fingerprint density at radius 1 is 1.23 bits per heavy atom. The molecule has 7 heteroatoms. The lowest BCUT2D eigenvalue weighted by Gasteiger charge is -2.05. The number of halogens is 2. The van der Waals surface area contributed by atoms with Gasteiger partial charge in [-0.3, -0.25) is 0 Å². The fourth-order valence-electron chi connectivity index (χ4n) is 2.50. The van der Waals surface area contributed by atoms with Gasteiger partial charge in [0.2, 0.25) is 5.95 Å². The maximum absolute atomic E-state index is 14.3. The van der Waals surface area contributed by atoms with Gasteiger partial charge in [-0.2, -0.15) is 0 Å². The first kappa shape index (κ1) is 14.2. The molecule has 112 valence electrons. The third-order valence-corrected chi connectivity index (χ3v) is 3.37. The predicted molar refractivity (Wildman–Crippen MR) is 78.1 cm³/mol. The molecule has 0 radical (unpaired) electrons. The highest BCUT2D eigenvalue weighted by Crippen LogP contribution is 2.19. The normalized spacial score (nSPS) is 13.5. The van der Waals surface area contributed by atoms with Gasteiger partial charge < -0.3 is 5.73 Å². The van der Waals surface area contributed by atoms with E-state index >= 15 is 0 Å². The molecule has 0 saturated heterocycles. The summed E-state index contributed by atoms with van der Waals surface area (Å²) in [6, 6.07) is 2.85. The monoisotopic (exact) mass is 302 g/mol. The summed E-state index contributed by atoms with van der Waals surface area (Å²) in [6.07, 6.45) is 0.965. The molecule has 1 aliphatic rings. The maximum Gasteiger partial charge on any atom is 0.317 e. The molecule has 0 unspecified atom stereocenters. The van der Waals surface area contributed by atoms with Crippen LogP contribution in [0.3, 0.4) is 0 Å². The van der Waals surface area contributed by atoms with E-state index in [4.69, 9.17) is 5.73 Å². The molecule has 0 spiro atoms. The number of hydrogen-bond donors (Lipinski definition) is 1. The highest BCUT2D eigenvalue weighted by atomic mass is 19.1. The lowest BCUT2D eigenvalue weighted by molar-refractivity contribution is 0.571. The minimum Gasteiger partial charge on any atom is -0.368 e. The molecule has 2 heterocycles. The van der Waals surface area contributed by atoms with Crippen LogP contribution in [-0.4, -0.2) is 16.0 Å². The molecular formula is C15H14F2N5+. The van der Waals surface area contributed by atoms with Gasteiger partial charge in [-0.15, -0.1) is 0 Å². The summed E-state index contributed by atoms with van der Waals surface area (Å²) in [5, 5.41) is 0.733. The van der Waals surface area contributed by atoms with E-state index in [-0.39, 0.29) is 28.6 Å². The fraction of sp³-hybridized carbons (Fsp3) is 0.200. The summed E-state index contributed by atoms with van der Waals surface area (Å²) in [4.78, 5) is 11.6. The van der Waals surface area contributed by atoms with Crippen LogP contribution in [0, 0.1) is 11.6 Å². The fourth-order valence-corrected chi connectivity index (χ4v) is 2.50. The Hall–Kier alpha value is -2.70. The van der Waals surface area contributed by atoms with Crippen LogP contribution in [-0.2, 0) is 0 Å². The van der Waals surface area contributed by atoms with Gasteiger partial charge in [0.1, 0.15) is 5.69 Å². The Kier molecular flexibility index (Phi) is 3.20. The smallest absolute Gasteiger partial charge is 0.317 e. The van der Waals surface area contributed by atoms with E-state index in [1.54, 1.807) is 10.6 Å². The van der Waals surface area contributed by atoms with E-state index < -0.39 is 11.6 Å². The third-order valence-electron chi connectivity index (χ3n) is 3.37. The lowest BCUT2D eigenvalue weighted by atomic mass is 10.1. The Morgan fingerprint density at radius 3 is 2.64 bits per heavy atom. The zero-order valence-corrected chi connectivity index (χ0v) is 12.1. The van der Waals surface area contributed by atoms with Crippen molar-refractivity contribution in [3.05, 3.63) is 53.1 Å². The number of nitrogens with two attached hydrogens (primary N) is 1. The Bertz CT molecular complexity index is 918. The van der Waals surface area contributed by atoms with Gasteiger partial charge in [-0.25, -0.2) is 23.3 Å². The van der Waals surface area contributed by atoms with Gasteiger partial charge >= 0.3 is 5.82 Å². The molecule has 2 N–H and O–H groups in total. The molecule has 0 atom stereocenters. The highest BCUT2D eigenvalue weighted by Gasteiger charge is 2.25. The first-order valence-electron chi connectivity index (χ1n) is 6.70. The van der Waals surface area contributed by atoms with Crippen LogP contribution >= 0.6 is 0 Å². The lowest BCUT2D eigenvalue weighted by Crippen LogP contribution is -2.38. The zero-order chi connectivity index (χ0) is 16.0. The second-order valence-electron chi connectivity index (χ2n) is 5.24. The second-order valence-corrected chi connectivity index (χ2v) is 5.24. The van der Waals surface area contributed by atoms with E-state index in [0.717, 1.165) is 6.20 Å². The van der Waals surface area contributed by atoms with Crippen LogP contribution in [0.2, 0.25) is 0 Å². The second kappa shape index (κ2) is 4.94. The number of hydrogen-bond acceptors (Lipinski definition) is 4. The average molecular weight is 302 g/mol. The van der Waals surface area contributed by atoms with Crippen molar-refractivity contribution in [1.29, 1.82) is 0 Å². The van der Waals surface area contributed by atoms with Crippen molar-refractivity contribution in [3.63, 3.8) is 0 Å². The molecule has 0 bridgehead atoms. The molecule has 5 nitrogen and oxygen atoms in total. The van der Waals surface area contributed by atoms with Gasteiger partial charge in [0.05, 0.1) is 12.2 Å². The van der Waals surface area contributed by atoms with Crippen molar-refractivity contribution >= 4 is 5.95 Å². The third kappa shape index (κ3) is 2.14. The summed E-state index contributed by atoms with van der Waals surface area (Å²) in [7, 11) is 0. The number of anilines is 1. The first-order valence-corrected chi connectivity index (χ1v) is 6.70. The summed E-state index contributed by atoms with van der Waals surface area (Å²) in [6.45, 7) is 7.69. The molecule has 0 fully saturated rings. The summed E-state index contributed by atoms with van der Waals surface area (Å²) in [5.74, 6) is -0.859. The quantitative estimate of drug-likeness (QED) is 0.842. The molecule has 1 aliphatic heterocycles. The highest BCUT2D eigenvalue weighted by molar-refractivity contribution is 5.60. The standard InChI is InChI=1S/C15H14F2N5/c1-7(2)22-8(3)20-14-10(16)4-9(5-12(14)22)13-11(17)6-19-15(18)21-13/h4-7H,3H2,1-2H3,(H2,18,19,21)/q+1. The van der Waals surface area contributed by atoms with Crippen molar-refractivity contribution in [1.82, 2.24) is 14.5 Å². The van der Waals surface area contributed by atoms with Gasteiger partial charge in [0, 0.05) is 5.56 Å². The minimum absolute atomic E-state index is 0.0347. The Balaban J connectivity index is 2.36. The van der Waals surface area contributed by atoms with Crippen LogP contribution in [0.25, 0.3) is 11.3 Å². The number of fused-ring (bicyclic) bond motifs is 1. The van der Waals surface area contributed by atoms with Gasteiger partial charge in [-0.1, -0.05) is 0 Å². The van der Waals surface area contributed by atoms with Gasteiger partial charge in [0.25, 0.3) is 5.36 Å². The van der Waals surface area contributed by atoms with E-state index in [2.05, 4.69) is 21.5 Å². The van der Waals surface area contributed by atoms with Crippen LogP contribution in [0.5, 0.6) is 0 Å². The van der Waals surface area contributed by atoms with Crippen molar-refractivity contribution < 1.29 is 8.78 Å². The minimum atomic E-state index is -0.668. The van der Waals surface area contributed by atoms with E-state index in [1.807, 2.05) is 13.8 Å². The summed E-state index contributed by atoms with van der Waals surface area (Å²) < 4.78 is 30.0. The van der Waals surface area contributed by atoms with Crippen molar-refractivity contribution in [3.8, 4) is 11.3 Å².